The summed E-state index contributed by atoms with van der Waals surface area (Å²) in [6.07, 6.45) is 2.59. The first-order valence-electron chi connectivity index (χ1n) is 9.77. The summed E-state index contributed by atoms with van der Waals surface area (Å²) in [6.45, 7) is 13.8. The number of aromatic nitrogens is 1. The van der Waals surface area contributed by atoms with Gasteiger partial charge in [-0.15, -0.1) is 0 Å². The van der Waals surface area contributed by atoms with Gasteiger partial charge in [-0.1, -0.05) is 6.92 Å². The highest BCUT2D eigenvalue weighted by Crippen LogP contribution is 2.20. The maximum atomic E-state index is 13.2. The van der Waals surface area contributed by atoms with Gasteiger partial charge in [0.25, 0.3) is 0 Å². The predicted molar refractivity (Wildman–Crippen MR) is 106 cm³/mol. The van der Waals surface area contributed by atoms with Gasteiger partial charge in [0.2, 0.25) is 0 Å². The van der Waals surface area contributed by atoms with E-state index in [9.17, 15) is 4.79 Å². The smallest absolute Gasteiger partial charge is 0.198 e. The number of H-pyrrole nitrogens is 1. The van der Waals surface area contributed by atoms with E-state index in [4.69, 9.17) is 0 Å². The van der Waals surface area contributed by atoms with Crippen LogP contribution in [0.5, 0.6) is 0 Å². The molecule has 0 radical (unpaired) electrons. The van der Waals surface area contributed by atoms with E-state index in [1.54, 1.807) is 4.90 Å². The summed E-state index contributed by atoms with van der Waals surface area (Å²) >= 11 is 0. The topological polar surface area (TPSA) is 40.5 Å². The van der Waals surface area contributed by atoms with Crippen molar-refractivity contribution in [1.82, 2.24) is 4.98 Å². The van der Waals surface area contributed by atoms with Crippen LogP contribution in [0.15, 0.2) is 23.0 Å². The number of piperidine rings is 1. The lowest BCUT2D eigenvalue weighted by Crippen LogP contribution is -3.12. The average Bonchev–Trinajstić information content (AvgIpc) is 2.60. The van der Waals surface area contributed by atoms with Gasteiger partial charge in [0.05, 0.1) is 18.7 Å². The van der Waals surface area contributed by atoms with Crippen molar-refractivity contribution < 1.29 is 4.90 Å². The predicted octanol–water partition coefficient (Wildman–Crippen LogP) is 2.50. The largest absolute Gasteiger partial charge is 0.372 e. The third kappa shape index (κ3) is 3.74. The Kier molecular flexibility index (Phi) is 5.48. The number of pyridine rings is 1. The van der Waals surface area contributed by atoms with Gasteiger partial charge in [0.1, 0.15) is 6.54 Å². The Hall–Kier alpha value is -1.81. The molecule has 0 spiro atoms. The van der Waals surface area contributed by atoms with Crippen molar-refractivity contribution in [2.45, 2.75) is 47.1 Å². The Morgan fingerprint density at radius 3 is 2.72 bits per heavy atom. The summed E-state index contributed by atoms with van der Waals surface area (Å²) in [6, 6.07) is 6.23. The Morgan fingerprint density at radius 2 is 2.04 bits per heavy atom. The molecule has 136 valence electrons. The third-order valence-electron chi connectivity index (χ3n) is 5.72. The number of nitrogens with zero attached hydrogens (tertiary/aromatic N) is 1. The number of fused-ring (bicyclic) bond motifs is 1. The van der Waals surface area contributed by atoms with Crippen LogP contribution in [0.3, 0.4) is 0 Å². The molecule has 1 fully saturated rings. The van der Waals surface area contributed by atoms with Crippen molar-refractivity contribution >= 4 is 16.6 Å². The molecule has 2 heterocycles. The monoisotopic (exact) mass is 342 g/mol. The number of benzene rings is 1. The van der Waals surface area contributed by atoms with Crippen molar-refractivity contribution in [3.63, 3.8) is 0 Å². The first kappa shape index (κ1) is 18.0. The zero-order valence-electron chi connectivity index (χ0n) is 16.1. The second kappa shape index (κ2) is 7.61. The van der Waals surface area contributed by atoms with E-state index in [0.29, 0.717) is 0 Å². The molecule has 1 aliphatic heterocycles. The molecule has 2 N–H and O–H groups in total. The number of quaternary nitrogens is 1. The maximum absolute atomic E-state index is 13.2. The van der Waals surface area contributed by atoms with Gasteiger partial charge in [0, 0.05) is 41.3 Å². The zero-order chi connectivity index (χ0) is 18.0. The highest BCUT2D eigenvalue weighted by atomic mass is 16.1. The van der Waals surface area contributed by atoms with Gasteiger partial charge in [-0.3, -0.25) is 4.79 Å². The summed E-state index contributed by atoms with van der Waals surface area (Å²) in [4.78, 5) is 20.5. The van der Waals surface area contributed by atoms with Crippen molar-refractivity contribution in [2.24, 2.45) is 5.92 Å². The Labute approximate surface area is 150 Å². The van der Waals surface area contributed by atoms with Crippen molar-refractivity contribution in [3.05, 3.63) is 39.7 Å². The van der Waals surface area contributed by atoms with Crippen LogP contribution in [-0.2, 0) is 6.54 Å². The Morgan fingerprint density at radius 1 is 1.28 bits per heavy atom. The Balaban J connectivity index is 1.99. The molecule has 0 aliphatic carbocycles. The molecular weight excluding hydrogens is 310 g/mol. The van der Waals surface area contributed by atoms with E-state index >= 15 is 0 Å². The molecule has 25 heavy (non-hydrogen) atoms. The first-order chi connectivity index (χ1) is 12.0. The summed E-state index contributed by atoms with van der Waals surface area (Å²) in [7, 11) is 0. The molecule has 2 aromatic rings. The number of hydrogen-bond acceptors (Lipinski definition) is 2. The molecule has 1 aromatic heterocycles. The molecule has 0 amide bonds. The quantitative estimate of drug-likeness (QED) is 0.876. The van der Waals surface area contributed by atoms with Gasteiger partial charge >= 0.3 is 0 Å². The lowest BCUT2D eigenvalue weighted by atomic mass is 9.99. The van der Waals surface area contributed by atoms with Crippen molar-refractivity contribution in [1.29, 1.82) is 0 Å². The summed E-state index contributed by atoms with van der Waals surface area (Å²) in [5.74, 6) is 0.762. The summed E-state index contributed by atoms with van der Waals surface area (Å²) < 4.78 is 0. The highest BCUT2D eigenvalue weighted by molar-refractivity contribution is 5.83. The second-order valence-corrected chi connectivity index (χ2v) is 7.59. The van der Waals surface area contributed by atoms with Gasteiger partial charge in [-0.2, -0.15) is 0 Å². The lowest BCUT2D eigenvalue weighted by molar-refractivity contribution is -0.922. The maximum Gasteiger partial charge on any atom is 0.198 e. The van der Waals surface area contributed by atoms with Crippen LogP contribution in [0.1, 0.15) is 44.9 Å². The SMILES string of the molecule is CCN(CC)c1ccc2[nH]c(C)c(C[NH+]3CCCC(C)C3)c(=O)c2c1. The average molecular weight is 343 g/mol. The second-order valence-electron chi connectivity index (χ2n) is 7.59. The van der Waals surface area contributed by atoms with Gasteiger partial charge in [0.15, 0.2) is 5.43 Å². The van der Waals surface area contributed by atoms with Gasteiger partial charge < -0.3 is 14.8 Å². The highest BCUT2D eigenvalue weighted by Gasteiger charge is 2.22. The van der Waals surface area contributed by atoms with E-state index in [0.717, 1.165) is 53.4 Å². The van der Waals surface area contributed by atoms with Crippen LogP contribution in [0, 0.1) is 12.8 Å². The molecule has 1 saturated heterocycles. The minimum atomic E-state index is 0.214. The molecule has 4 heteroatoms. The van der Waals surface area contributed by atoms with Crippen LogP contribution < -0.4 is 15.2 Å². The molecule has 4 nitrogen and oxygen atoms in total. The fourth-order valence-corrected chi connectivity index (χ4v) is 4.25. The standard InChI is InChI=1S/C21H31N3O/c1-5-24(6-2)17-9-10-20-18(12-17)21(25)19(16(4)22-20)14-23-11-7-8-15(3)13-23/h9-10,12,15H,5-8,11,13-14H2,1-4H3,(H,22,25)/p+1. The summed E-state index contributed by atoms with van der Waals surface area (Å²) in [5, 5.41) is 0.828. The van der Waals surface area contributed by atoms with Crippen LogP contribution in [0.4, 0.5) is 5.69 Å². The molecule has 0 bridgehead atoms. The Bertz CT molecular complexity index is 792. The van der Waals surface area contributed by atoms with E-state index in [1.807, 2.05) is 6.92 Å². The van der Waals surface area contributed by atoms with E-state index in [-0.39, 0.29) is 5.43 Å². The minimum absolute atomic E-state index is 0.214. The van der Waals surface area contributed by atoms with Crippen LogP contribution in [-0.4, -0.2) is 31.2 Å². The number of likely N-dealkylation sites (tertiary alicyclic amines) is 1. The fourth-order valence-electron chi connectivity index (χ4n) is 4.25. The number of anilines is 1. The molecular formula is C21H32N3O+. The van der Waals surface area contributed by atoms with Crippen LogP contribution >= 0.6 is 0 Å². The number of aryl methyl sites for hydroxylation is 1. The molecule has 0 saturated carbocycles. The number of nitrogens with one attached hydrogen (secondary N) is 2. The van der Waals surface area contributed by atoms with Crippen LogP contribution in [0.25, 0.3) is 10.9 Å². The molecule has 2 unspecified atom stereocenters. The first-order valence-corrected chi connectivity index (χ1v) is 9.77. The minimum Gasteiger partial charge on any atom is -0.372 e. The van der Waals surface area contributed by atoms with E-state index < -0.39 is 0 Å². The molecule has 3 rings (SSSR count). The third-order valence-corrected chi connectivity index (χ3v) is 5.72. The lowest BCUT2D eigenvalue weighted by Gasteiger charge is -2.28. The fraction of sp³-hybridized carbons (Fsp3) is 0.571. The molecule has 2 atom stereocenters. The van der Waals surface area contributed by atoms with Crippen molar-refractivity contribution in [2.75, 3.05) is 31.1 Å². The van der Waals surface area contributed by atoms with Crippen molar-refractivity contribution in [3.8, 4) is 0 Å². The number of aromatic amines is 1. The van der Waals surface area contributed by atoms with Gasteiger partial charge in [-0.25, -0.2) is 0 Å². The summed E-state index contributed by atoms with van der Waals surface area (Å²) in [5.41, 5.74) is 4.29. The van der Waals surface area contributed by atoms with E-state index in [2.05, 4.69) is 48.9 Å². The van der Waals surface area contributed by atoms with Crippen LogP contribution in [0.2, 0.25) is 0 Å². The number of hydrogen-bond donors (Lipinski definition) is 2. The molecule has 1 aromatic carbocycles. The van der Waals surface area contributed by atoms with E-state index in [1.165, 1.54) is 25.9 Å². The molecule has 1 aliphatic rings. The van der Waals surface area contributed by atoms with Gasteiger partial charge in [-0.05, 0) is 51.8 Å². The number of rotatable bonds is 5. The zero-order valence-corrected chi connectivity index (χ0v) is 16.1. The normalized spacial score (nSPS) is 20.8.